The fraction of sp³-hybridized carbons (Fsp3) is 0.308. The first-order chi connectivity index (χ1) is 9.83. The lowest BCUT2D eigenvalue weighted by molar-refractivity contribution is 0.463. The summed E-state index contributed by atoms with van der Waals surface area (Å²) in [5.41, 5.74) is 7.16. The predicted molar refractivity (Wildman–Crippen MR) is 82.0 cm³/mol. The lowest BCUT2D eigenvalue weighted by atomic mass is 10.1. The summed E-state index contributed by atoms with van der Waals surface area (Å²) in [6.45, 7) is 3.83. The molecule has 0 unspecified atom stereocenters. The molecule has 0 aliphatic rings. The fourth-order valence-electron chi connectivity index (χ4n) is 1.84. The van der Waals surface area contributed by atoms with Gasteiger partial charge in [-0.25, -0.2) is 18.1 Å². The van der Waals surface area contributed by atoms with Crippen molar-refractivity contribution in [2.75, 3.05) is 0 Å². The summed E-state index contributed by atoms with van der Waals surface area (Å²) >= 11 is 3.31. The van der Waals surface area contributed by atoms with Gasteiger partial charge in [-0.1, -0.05) is 6.07 Å². The van der Waals surface area contributed by atoms with Gasteiger partial charge in [0.2, 0.25) is 15.9 Å². The molecule has 6 nitrogen and oxygen atoms in total. The molecule has 0 aliphatic heterocycles. The van der Waals surface area contributed by atoms with Crippen molar-refractivity contribution in [1.82, 2.24) is 9.71 Å². The lowest BCUT2D eigenvalue weighted by Gasteiger charge is -2.11. The molecule has 0 atom stereocenters. The van der Waals surface area contributed by atoms with Gasteiger partial charge < -0.3 is 10.2 Å². The number of rotatable bonds is 5. The maximum absolute atomic E-state index is 12.4. The normalized spacial score (nSPS) is 11.8. The van der Waals surface area contributed by atoms with Crippen molar-refractivity contribution >= 4 is 26.0 Å². The van der Waals surface area contributed by atoms with Crippen molar-refractivity contribution in [3.05, 3.63) is 45.6 Å². The van der Waals surface area contributed by atoms with Gasteiger partial charge in [-0.05, 0) is 47.0 Å². The molecule has 0 aliphatic carbocycles. The van der Waals surface area contributed by atoms with Crippen LogP contribution in [-0.4, -0.2) is 13.4 Å². The standard InChI is InChI=1S/C13H16BrN3O3S/c1-8-3-10(5-15)4-11(13(8)14)21(18,19)17-7-12-16-6-9(2)20-12/h3-4,6,17H,5,7,15H2,1-2H3. The van der Waals surface area contributed by atoms with Crippen molar-refractivity contribution in [1.29, 1.82) is 0 Å². The van der Waals surface area contributed by atoms with Crippen molar-refractivity contribution in [3.8, 4) is 0 Å². The number of oxazole rings is 1. The highest BCUT2D eigenvalue weighted by atomic mass is 79.9. The molecular weight excluding hydrogens is 358 g/mol. The first-order valence-corrected chi connectivity index (χ1v) is 8.51. The van der Waals surface area contributed by atoms with Crippen molar-refractivity contribution < 1.29 is 12.8 Å². The van der Waals surface area contributed by atoms with E-state index in [1.165, 1.54) is 0 Å². The van der Waals surface area contributed by atoms with Crippen LogP contribution in [0.5, 0.6) is 0 Å². The van der Waals surface area contributed by atoms with E-state index in [0.29, 0.717) is 16.1 Å². The summed E-state index contributed by atoms with van der Waals surface area (Å²) in [7, 11) is -3.69. The summed E-state index contributed by atoms with van der Waals surface area (Å²) in [6, 6.07) is 3.40. The lowest BCUT2D eigenvalue weighted by Crippen LogP contribution is -2.24. The Bertz CT molecular complexity index is 756. The van der Waals surface area contributed by atoms with E-state index in [2.05, 4.69) is 25.6 Å². The molecular formula is C13H16BrN3O3S. The number of benzene rings is 1. The quantitative estimate of drug-likeness (QED) is 0.834. The minimum Gasteiger partial charge on any atom is -0.445 e. The fourth-order valence-corrected chi connectivity index (χ4v) is 3.88. The second-order valence-corrected chi connectivity index (χ2v) is 7.15. The molecule has 1 aromatic heterocycles. The Labute approximate surface area is 131 Å². The van der Waals surface area contributed by atoms with Crippen LogP contribution in [-0.2, 0) is 23.1 Å². The number of nitrogens with zero attached hydrogens (tertiary/aromatic N) is 1. The third-order valence-corrected chi connectivity index (χ3v) is 5.63. The summed E-state index contributed by atoms with van der Waals surface area (Å²) in [6.07, 6.45) is 1.54. The number of aryl methyl sites for hydroxylation is 2. The molecule has 0 amide bonds. The topological polar surface area (TPSA) is 98.2 Å². The Balaban J connectivity index is 2.29. The molecule has 0 saturated heterocycles. The van der Waals surface area contributed by atoms with E-state index in [4.69, 9.17) is 10.2 Å². The van der Waals surface area contributed by atoms with E-state index in [9.17, 15) is 8.42 Å². The summed E-state index contributed by atoms with van der Waals surface area (Å²) in [5, 5.41) is 0. The Hall–Kier alpha value is -1.22. The molecule has 21 heavy (non-hydrogen) atoms. The van der Waals surface area contributed by atoms with E-state index >= 15 is 0 Å². The largest absolute Gasteiger partial charge is 0.445 e. The zero-order valence-electron chi connectivity index (χ0n) is 11.7. The maximum Gasteiger partial charge on any atom is 0.242 e. The third-order valence-electron chi connectivity index (χ3n) is 2.89. The van der Waals surface area contributed by atoms with Gasteiger partial charge >= 0.3 is 0 Å². The Kier molecular flexibility index (Phi) is 4.82. The average molecular weight is 374 g/mol. The van der Waals surface area contributed by atoms with Crippen LogP contribution >= 0.6 is 15.9 Å². The Morgan fingerprint density at radius 2 is 2.10 bits per heavy atom. The first-order valence-electron chi connectivity index (χ1n) is 6.23. The average Bonchev–Trinajstić information content (AvgIpc) is 2.85. The van der Waals surface area contributed by atoms with E-state index in [1.54, 1.807) is 19.2 Å². The third kappa shape index (κ3) is 3.70. The molecule has 114 valence electrons. The zero-order chi connectivity index (χ0) is 15.6. The molecule has 0 fully saturated rings. The maximum atomic E-state index is 12.4. The van der Waals surface area contributed by atoms with Crippen LogP contribution in [0.4, 0.5) is 0 Å². The number of hydrogen-bond donors (Lipinski definition) is 2. The van der Waals surface area contributed by atoms with Gasteiger partial charge in [0.15, 0.2) is 0 Å². The minimum atomic E-state index is -3.69. The van der Waals surface area contributed by atoms with E-state index in [-0.39, 0.29) is 18.0 Å². The molecule has 0 saturated carbocycles. The molecule has 8 heteroatoms. The van der Waals surface area contributed by atoms with Crippen LogP contribution in [0, 0.1) is 13.8 Å². The van der Waals surface area contributed by atoms with Crippen LogP contribution < -0.4 is 10.5 Å². The summed E-state index contributed by atoms with van der Waals surface area (Å²) in [4.78, 5) is 4.12. The van der Waals surface area contributed by atoms with Gasteiger partial charge in [0.1, 0.15) is 5.76 Å². The number of halogens is 1. The van der Waals surface area contributed by atoms with Crippen LogP contribution in [0.25, 0.3) is 0 Å². The number of hydrogen-bond acceptors (Lipinski definition) is 5. The molecule has 2 rings (SSSR count). The van der Waals surface area contributed by atoms with Crippen LogP contribution in [0.3, 0.4) is 0 Å². The van der Waals surface area contributed by atoms with E-state index < -0.39 is 10.0 Å². The SMILES string of the molecule is Cc1cnc(CNS(=O)(=O)c2cc(CN)cc(C)c2Br)o1. The molecule has 3 N–H and O–H groups in total. The summed E-state index contributed by atoms with van der Waals surface area (Å²) in [5.74, 6) is 0.949. The second kappa shape index (κ2) is 6.27. The van der Waals surface area contributed by atoms with Gasteiger partial charge in [0.05, 0.1) is 17.6 Å². The van der Waals surface area contributed by atoms with Crippen molar-refractivity contribution in [3.63, 3.8) is 0 Å². The summed E-state index contributed by atoms with van der Waals surface area (Å²) < 4.78 is 33.0. The van der Waals surface area contributed by atoms with E-state index in [1.807, 2.05) is 13.0 Å². The van der Waals surface area contributed by atoms with Gasteiger partial charge in [0, 0.05) is 11.0 Å². The molecule has 2 aromatic rings. The Morgan fingerprint density at radius 3 is 2.67 bits per heavy atom. The molecule has 0 radical (unpaired) electrons. The van der Waals surface area contributed by atoms with Gasteiger partial charge in [-0.15, -0.1) is 0 Å². The minimum absolute atomic E-state index is 0.00544. The predicted octanol–water partition coefficient (Wildman–Crippen LogP) is 1.99. The molecule has 0 bridgehead atoms. The van der Waals surface area contributed by atoms with Crippen molar-refractivity contribution in [2.24, 2.45) is 5.73 Å². The highest BCUT2D eigenvalue weighted by Crippen LogP contribution is 2.27. The highest BCUT2D eigenvalue weighted by molar-refractivity contribution is 9.10. The number of nitrogens with two attached hydrogens (primary N) is 1. The monoisotopic (exact) mass is 373 g/mol. The number of aromatic nitrogens is 1. The van der Waals surface area contributed by atoms with Crippen LogP contribution in [0.1, 0.15) is 22.8 Å². The van der Waals surface area contributed by atoms with E-state index in [0.717, 1.165) is 11.1 Å². The smallest absolute Gasteiger partial charge is 0.242 e. The molecule has 0 spiro atoms. The van der Waals surface area contributed by atoms with Crippen LogP contribution in [0.2, 0.25) is 0 Å². The number of nitrogens with one attached hydrogen (secondary N) is 1. The van der Waals surface area contributed by atoms with Gasteiger partial charge in [0.25, 0.3) is 0 Å². The first kappa shape index (κ1) is 16.2. The second-order valence-electron chi connectivity index (χ2n) is 4.62. The molecule has 1 aromatic carbocycles. The Morgan fingerprint density at radius 1 is 1.38 bits per heavy atom. The zero-order valence-corrected chi connectivity index (χ0v) is 14.1. The van der Waals surface area contributed by atoms with Gasteiger partial charge in [-0.3, -0.25) is 0 Å². The van der Waals surface area contributed by atoms with Crippen LogP contribution in [0.15, 0.2) is 32.1 Å². The highest BCUT2D eigenvalue weighted by Gasteiger charge is 2.20. The van der Waals surface area contributed by atoms with Crippen molar-refractivity contribution in [2.45, 2.75) is 31.8 Å². The number of sulfonamides is 1. The van der Waals surface area contributed by atoms with Gasteiger partial charge in [-0.2, -0.15) is 0 Å². The molecule has 1 heterocycles.